The van der Waals surface area contributed by atoms with Crippen LogP contribution in [-0.2, 0) is 11.2 Å². The van der Waals surface area contributed by atoms with E-state index in [0.717, 1.165) is 29.0 Å². The first-order chi connectivity index (χ1) is 11.0. The van der Waals surface area contributed by atoms with Gasteiger partial charge < -0.3 is 5.32 Å². The summed E-state index contributed by atoms with van der Waals surface area (Å²) in [4.78, 5) is 24.2. The molecule has 2 aromatic rings. The van der Waals surface area contributed by atoms with Crippen molar-refractivity contribution in [2.75, 3.05) is 5.32 Å². The third-order valence-electron chi connectivity index (χ3n) is 3.45. The highest BCUT2D eigenvalue weighted by atomic mass is 32.1. The fraction of sp³-hybridized carbons (Fsp3) is 0.412. The summed E-state index contributed by atoms with van der Waals surface area (Å²) in [6.07, 6.45) is 2.19. The molecule has 0 fully saturated rings. The third kappa shape index (κ3) is 4.96. The fourth-order valence-electron chi connectivity index (χ4n) is 2.20. The highest BCUT2D eigenvalue weighted by Crippen LogP contribution is 2.18. The first kappa shape index (κ1) is 17.3. The van der Waals surface area contributed by atoms with E-state index in [4.69, 9.17) is 0 Å². The molecule has 1 aromatic heterocycles. The van der Waals surface area contributed by atoms with Crippen LogP contribution in [0.2, 0.25) is 0 Å². The molecule has 0 radical (unpaired) electrons. The average molecular weight is 331 g/mol. The van der Waals surface area contributed by atoms with Gasteiger partial charge in [-0.05, 0) is 31.9 Å². The van der Waals surface area contributed by atoms with E-state index < -0.39 is 0 Å². The van der Waals surface area contributed by atoms with E-state index in [1.54, 1.807) is 0 Å². The Kier molecular flexibility index (Phi) is 5.98. The second-order valence-electron chi connectivity index (χ2n) is 5.54. The maximum Gasteiger partial charge on any atom is 0.226 e. The van der Waals surface area contributed by atoms with Crippen LogP contribution in [0.15, 0.2) is 18.2 Å². The Bertz CT molecular complexity index is 710. The van der Waals surface area contributed by atoms with Crippen LogP contribution >= 0.6 is 11.3 Å². The van der Waals surface area contributed by atoms with Gasteiger partial charge in [-0.3, -0.25) is 9.59 Å². The molecule has 1 aromatic carbocycles. The van der Waals surface area contributed by atoms with Gasteiger partial charge in [0.15, 0.2) is 5.78 Å². The maximum atomic E-state index is 12.3. The molecule has 0 atom stereocenters. The van der Waals surface area contributed by atoms with Gasteiger partial charge in [-0.15, -0.1) is 10.2 Å². The van der Waals surface area contributed by atoms with Gasteiger partial charge in [-0.1, -0.05) is 36.0 Å². The predicted octanol–water partition coefficient (Wildman–Crippen LogP) is 3.71. The smallest absolute Gasteiger partial charge is 0.226 e. The molecule has 1 heterocycles. The summed E-state index contributed by atoms with van der Waals surface area (Å²) in [6.45, 7) is 5.92. The van der Waals surface area contributed by atoms with Crippen molar-refractivity contribution in [1.82, 2.24) is 10.2 Å². The number of amides is 1. The molecule has 5 nitrogen and oxygen atoms in total. The van der Waals surface area contributed by atoms with Crippen LogP contribution in [0, 0.1) is 13.8 Å². The van der Waals surface area contributed by atoms with Crippen molar-refractivity contribution in [3.8, 4) is 0 Å². The highest BCUT2D eigenvalue weighted by Gasteiger charge is 2.13. The van der Waals surface area contributed by atoms with Crippen LogP contribution in [-0.4, -0.2) is 21.9 Å². The quantitative estimate of drug-likeness (QED) is 0.785. The summed E-state index contributed by atoms with van der Waals surface area (Å²) < 4.78 is 0. The van der Waals surface area contributed by atoms with E-state index >= 15 is 0 Å². The van der Waals surface area contributed by atoms with Gasteiger partial charge in [0, 0.05) is 24.8 Å². The van der Waals surface area contributed by atoms with Crippen molar-refractivity contribution in [1.29, 1.82) is 0 Å². The molecule has 6 heteroatoms. The molecular formula is C17H21N3O2S. The first-order valence-corrected chi connectivity index (χ1v) is 8.54. The molecule has 1 N–H and O–H groups in total. The number of carbonyl (C=O) groups is 2. The van der Waals surface area contributed by atoms with Crippen LogP contribution in [0.4, 0.5) is 5.13 Å². The topological polar surface area (TPSA) is 72.0 Å². The number of rotatable bonds is 7. The molecule has 0 aliphatic rings. The zero-order chi connectivity index (χ0) is 16.8. The Hall–Kier alpha value is -2.08. The van der Waals surface area contributed by atoms with Gasteiger partial charge in [-0.25, -0.2) is 0 Å². The molecule has 0 saturated heterocycles. The lowest BCUT2D eigenvalue weighted by molar-refractivity contribution is -0.116. The van der Waals surface area contributed by atoms with E-state index in [1.807, 2.05) is 32.0 Å². The summed E-state index contributed by atoms with van der Waals surface area (Å²) in [5, 5.41) is 12.1. The average Bonchev–Trinajstić information content (AvgIpc) is 2.95. The molecule has 122 valence electrons. The summed E-state index contributed by atoms with van der Waals surface area (Å²) in [5.41, 5.74) is 2.68. The molecule has 0 unspecified atom stereocenters. The molecule has 0 saturated carbocycles. The van der Waals surface area contributed by atoms with Crippen molar-refractivity contribution < 1.29 is 9.59 Å². The fourth-order valence-corrected chi connectivity index (χ4v) is 3.06. The molecular weight excluding hydrogens is 310 g/mol. The molecule has 0 aliphatic carbocycles. The summed E-state index contributed by atoms with van der Waals surface area (Å²) >= 11 is 1.38. The van der Waals surface area contributed by atoms with E-state index in [-0.39, 0.29) is 24.5 Å². The van der Waals surface area contributed by atoms with Gasteiger partial charge >= 0.3 is 0 Å². The van der Waals surface area contributed by atoms with E-state index in [9.17, 15) is 9.59 Å². The lowest BCUT2D eigenvalue weighted by Crippen LogP contribution is -2.13. The van der Waals surface area contributed by atoms with E-state index in [2.05, 4.69) is 22.4 Å². The number of hydrogen-bond donors (Lipinski definition) is 1. The van der Waals surface area contributed by atoms with E-state index in [1.165, 1.54) is 11.3 Å². The second kappa shape index (κ2) is 7.97. The number of ketones is 1. The second-order valence-corrected chi connectivity index (χ2v) is 6.60. The lowest BCUT2D eigenvalue weighted by atomic mass is 9.99. The van der Waals surface area contributed by atoms with Crippen molar-refractivity contribution in [2.45, 2.75) is 46.5 Å². The predicted molar refractivity (Wildman–Crippen MR) is 92.0 cm³/mol. The maximum absolute atomic E-state index is 12.3. The minimum Gasteiger partial charge on any atom is -0.301 e. The zero-order valence-corrected chi connectivity index (χ0v) is 14.5. The lowest BCUT2D eigenvalue weighted by Gasteiger charge is -2.06. The third-order valence-corrected chi connectivity index (χ3v) is 4.35. The monoisotopic (exact) mass is 331 g/mol. The summed E-state index contributed by atoms with van der Waals surface area (Å²) in [6, 6.07) is 5.78. The Morgan fingerprint density at radius 2 is 1.96 bits per heavy atom. The van der Waals surface area contributed by atoms with Gasteiger partial charge in [0.2, 0.25) is 11.0 Å². The summed E-state index contributed by atoms with van der Waals surface area (Å²) in [7, 11) is 0. The number of hydrogen-bond acceptors (Lipinski definition) is 5. The highest BCUT2D eigenvalue weighted by molar-refractivity contribution is 7.15. The van der Waals surface area contributed by atoms with Crippen LogP contribution < -0.4 is 5.32 Å². The van der Waals surface area contributed by atoms with Crippen LogP contribution in [0.3, 0.4) is 0 Å². The number of carbonyl (C=O) groups excluding carboxylic acids is 2. The standard InChI is InChI=1S/C17H21N3O2S/c1-4-5-16-19-20-17(23-16)18-15(22)9-8-14(21)13-10-11(2)6-7-12(13)3/h6-7,10H,4-5,8-9H2,1-3H3,(H,18,20,22). The Morgan fingerprint density at radius 1 is 1.17 bits per heavy atom. The summed E-state index contributed by atoms with van der Waals surface area (Å²) in [5.74, 6) is -0.215. The number of anilines is 1. The van der Waals surface area contributed by atoms with Crippen LogP contribution in [0.5, 0.6) is 0 Å². The Balaban J connectivity index is 1.88. The molecule has 0 spiro atoms. The Labute approximate surface area is 140 Å². The normalized spacial score (nSPS) is 10.6. The van der Waals surface area contributed by atoms with Crippen molar-refractivity contribution in [2.24, 2.45) is 0 Å². The molecule has 2 rings (SSSR count). The van der Waals surface area contributed by atoms with Gasteiger partial charge in [0.1, 0.15) is 5.01 Å². The van der Waals surface area contributed by atoms with Crippen LogP contribution in [0.1, 0.15) is 52.7 Å². The number of aromatic nitrogens is 2. The largest absolute Gasteiger partial charge is 0.301 e. The SMILES string of the molecule is CCCc1nnc(NC(=O)CCC(=O)c2cc(C)ccc2C)s1. The first-order valence-electron chi connectivity index (χ1n) is 7.72. The number of nitrogens with zero attached hydrogens (tertiary/aromatic N) is 2. The van der Waals surface area contributed by atoms with Gasteiger partial charge in [0.05, 0.1) is 0 Å². The van der Waals surface area contributed by atoms with Gasteiger partial charge in [-0.2, -0.15) is 0 Å². The molecule has 0 aliphatic heterocycles. The van der Waals surface area contributed by atoms with Crippen molar-refractivity contribution in [3.05, 3.63) is 39.9 Å². The van der Waals surface area contributed by atoms with Crippen molar-refractivity contribution in [3.63, 3.8) is 0 Å². The van der Waals surface area contributed by atoms with E-state index in [0.29, 0.717) is 10.7 Å². The van der Waals surface area contributed by atoms with Crippen molar-refractivity contribution >= 4 is 28.2 Å². The van der Waals surface area contributed by atoms with Crippen LogP contribution in [0.25, 0.3) is 0 Å². The minimum atomic E-state index is -0.206. The molecule has 23 heavy (non-hydrogen) atoms. The number of nitrogens with one attached hydrogen (secondary N) is 1. The Morgan fingerprint density at radius 3 is 2.70 bits per heavy atom. The van der Waals surface area contributed by atoms with Gasteiger partial charge in [0.25, 0.3) is 0 Å². The number of Topliss-reactive ketones (excluding diaryl/α,β-unsaturated/α-hetero) is 1. The minimum absolute atomic E-state index is 0.00899. The number of aryl methyl sites for hydroxylation is 3. The molecule has 1 amide bonds. The molecule has 0 bridgehead atoms. The number of benzene rings is 1. The zero-order valence-electron chi connectivity index (χ0n) is 13.7.